The number of ether oxygens (including phenoxy) is 1. The van der Waals surface area contributed by atoms with Gasteiger partial charge in [0.15, 0.2) is 0 Å². The van der Waals surface area contributed by atoms with Crippen molar-refractivity contribution in [3.05, 3.63) is 0 Å². The second-order valence-corrected chi connectivity index (χ2v) is 4.23. The average Bonchev–Trinajstić information content (AvgIpc) is 2.65. The van der Waals surface area contributed by atoms with Gasteiger partial charge in [-0.05, 0) is 33.6 Å². The van der Waals surface area contributed by atoms with Crippen LogP contribution in [0.2, 0.25) is 0 Å². The van der Waals surface area contributed by atoms with Crippen LogP contribution in [0.25, 0.3) is 0 Å². The van der Waals surface area contributed by atoms with Gasteiger partial charge >= 0.3 is 11.9 Å². The minimum Gasteiger partial charge on any atom is -0.393 e. The fraction of sp³-hybridized carbons (Fsp3) is 0.778. The third kappa shape index (κ3) is 2.32. The predicted octanol–water partition coefficient (Wildman–Crippen LogP) is 1.51. The van der Waals surface area contributed by atoms with E-state index < -0.39 is 11.4 Å². The highest BCUT2D eigenvalue weighted by atomic mass is 16.6. The molecule has 12 heavy (non-hydrogen) atoms. The Morgan fingerprint density at radius 2 is 1.75 bits per heavy atom. The Kier molecular flexibility index (Phi) is 2.22. The normalized spacial score (nSPS) is 17.2. The fourth-order valence-corrected chi connectivity index (χ4v) is 0.647. The highest BCUT2D eigenvalue weighted by Gasteiger charge is 2.35. The maximum atomic E-state index is 11.2. The molecule has 3 heteroatoms. The lowest BCUT2D eigenvalue weighted by Gasteiger charge is -2.14. The molecular weight excluding hydrogens is 156 g/mol. The van der Waals surface area contributed by atoms with Crippen molar-refractivity contribution in [2.45, 2.75) is 33.6 Å². The number of carbonyl (C=O) groups is 2. The van der Waals surface area contributed by atoms with Crippen LogP contribution >= 0.6 is 0 Å². The van der Waals surface area contributed by atoms with Crippen LogP contribution in [0.5, 0.6) is 0 Å². The average molecular weight is 170 g/mol. The minimum atomic E-state index is -0.579. The number of carbonyl (C=O) groups excluding carboxylic acids is 2. The summed E-state index contributed by atoms with van der Waals surface area (Å²) in [6.45, 7) is 5.19. The van der Waals surface area contributed by atoms with Gasteiger partial charge < -0.3 is 4.74 Å². The van der Waals surface area contributed by atoms with Crippen LogP contribution in [0.4, 0.5) is 0 Å². The molecule has 1 rings (SSSR count). The quantitative estimate of drug-likeness (QED) is 0.442. The van der Waals surface area contributed by atoms with Crippen LogP contribution in [-0.4, -0.2) is 11.9 Å². The van der Waals surface area contributed by atoms with E-state index in [9.17, 15) is 9.59 Å². The first kappa shape index (κ1) is 9.23. The van der Waals surface area contributed by atoms with E-state index in [1.165, 1.54) is 0 Å². The van der Waals surface area contributed by atoms with E-state index in [0.717, 1.165) is 12.8 Å². The molecule has 68 valence electrons. The summed E-state index contributed by atoms with van der Waals surface area (Å²) in [5, 5.41) is 0. The van der Waals surface area contributed by atoms with Gasteiger partial charge in [0, 0.05) is 0 Å². The maximum absolute atomic E-state index is 11.2. The second-order valence-electron chi connectivity index (χ2n) is 4.23. The van der Waals surface area contributed by atoms with Crippen molar-refractivity contribution in [2.75, 3.05) is 0 Å². The van der Waals surface area contributed by atoms with E-state index in [4.69, 9.17) is 0 Å². The van der Waals surface area contributed by atoms with Gasteiger partial charge in [-0.25, -0.2) is 0 Å². The molecule has 1 aliphatic rings. The highest BCUT2D eigenvalue weighted by Crippen LogP contribution is 2.31. The molecule has 0 N–H and O–H groups in total. The highest BCUT2D eigenvalue weighted by molar-refractivity contribution is 5.90. The molecule has 0 aromatic carbocycles. The van der Waals surface area contributed by atoms with Crippen LogP contribution in [0.15, 0.2) is 0 Å². The van der Waals surface area contributed by atoms with Crippen molar-refractivity contribution in [1.82, 2.24) is 0 Å². The zero-order valence-corrected chi connectivity index (χ0v) is 7.72. The van der Waals surface area contributed by atoms with E-state index in [-0.39, 0.29) is 11.9 Å². The lowest BCUT2D eigenvalue weighted by atomic mass is 9.97. The van der Waals surface area contributed by atoms with Gasteiger partial charge in [0.25, 0.3) is 0 Å². The molecule has 0 amide bonds. The molecule has 0 radical (unpaired) electrons. The third-order valence-corrected chi connectivity index (χ3v) is 1.72. The van der Waals surface area contributed by atoms with Crippen molar-refractivity contribution in [3.8, 4) is 0 Å². The fourth-order valence-electron chi connectivity index (χ4n) is 0.647. The summed E-state index contributed by atoms with van der Waals surface area (Å²) in [6, 6.07) is 0. The van der Waals surface area contributed by atoms with E-state index >= 15 is 0 Å². The zero-order valence-electron chi connectivity index (χ0n) is 7.72. The first-order chi connectivity index (χ1) is 5.41. The van der Waals surface area contributed by atoms with Crippen molar-refractivity contribution >= 4 is 11.9 Å². The van der Waals surface area contributed by atoms with E-state index in [1.807, 2.05) is 0 Å². The van der Waals surface area contributed by atoms with E-state index in [0.29, 0.717) is 0 Å². The van der Waals surface area contributed by atoms with Crippen LogP contribution in [0.3, 0.4) is 0 Å². The molecule has 0 spiro atoms. The molecule has 1 aliphatic carbocycles. The van der Waals surface area contributed by atoms with Gasteiger partial charge in [0.05, 0.1) is 11.3 Å². The summed E-state index contributed by atoms with van der Waals surface area (Å²) in [4.78, 5) is 22.2. The van der Waals surface area contributed by atoms with Crippen molar-refractivity contribution < 1.29 is 14.3 Å². The summed E-state index contributed by atoms with van der Waals surface area (Å²) < 4.78 is 4.66. The monoisotopic (exact) mass is 170 g/mol. The number of hydrogen-bond donors (Lipinski definition) is 0. The van der Waals surface area contributed by atoms with Crippen LogP contribution in [-0.2, 0) is 14.3 Å². The summed E-state index contributed by atoms with van der Waals surface area (Å²) >= 11 is 0. The largest absolute Gasteiger partial charge is 0.393 e. The second kappa shape index (κ2) is 2.88. The van der Waals surface area contributed by atoms with Crippen molar-refractivity contribution in [1.29, 1.82) is 0 Å². The smallest absolute Gasteiger partial charge is 0.318 e. The van der Waals surface area contributed by atoms with Gasteiger partial charge in [-0.15, -0.1) is 0 Å². The van der Waals surface area contributed by atoms with Crippen LogP contribution < -0.4 is 0 Å². The summed E-state index contributed by atoms with van der Waals surface area (Å²) in [5.41, 5.74) is -0.579. The van der Waals surface area contributed by atoms with Gasteiger partial charge in [-0.1, -0.05) is 0 Å². The maximum Gasteiger partial charge on any atom is 0.318 e. The van der Waals surface area contributed by atoms with Crippen molar-refractivity contribution in [3.63, 3.8) is 0 Å². The Morgan fingerprint density at radius 1 is 1.25 bits per heavy atom. The Hall–Kier alpha value is -0.860. The molecule has 0 atom stereocenters. The summed E-state index contributed by atoms with van der Waals surface area (Å²) in [6.07, 6.45) is 1.74. The SMILES string of the molecule is CC(C)(C)C(=O)OC(=O)C1CC1. The Morgan fingerprint density at radius 3 is 2.08 bits per heavy atom. The summed E-state index contributed by atoms with van der Waals surface area (Å²) in [5.74, 6) is -0.786. The molecule has 0 aliphatic heterocycles. The van der Waals surface area contributed by atoms with Gasteiger partial charge in [0.2, 0.25) is 0 Å². The summed E-state index contributed by atoms with van der Waals surface area (Å²) in [7, 11) is 0. The number of hydrogen-bond acceptors (Lipinski definition) is 3. The zero-order chi connectivity index (χ0) is 9.35. The molecule has 3 nitrogen and oxygen atoms in total. The van der Waals surface area contributed by atoms with Gasteiger partial charge in [0.1, 0.15) is 0 Å². The number of esters is 2. The molecule has 0 saturated heterocycles. The Balaban J connectivity index is 2.40. The van der Waals surface area contributed by atoms with Crippen LogP contribution in [0.1, 0.15) is 33.6 Å². The lowest BCUT2D eigenvalue weighted by molar-refractivity contribution is -0.166. The number of rotatable bonds is 1. The molecule has 1 fully saturated rings. The standard InChI is InChI=1S/C9H14O3/c1-9(2,3)8(11)12-7(10)6-4-5-6/h6H,4-5H2,1-3H3. The molecule has 1 saturated carbocycles. The first-order valence-electron chi connectivity index (χ1n) is 4.17. The Bertz CT molecular complexity index is 208. The van der Waals surface area contributed by atoms with Crippen LogP contribution in [0, 0.1) is 11.3 Å². The Labute approximate surface area is 72.1 Å². The van der Waals surface area contributed by atoms with Crippen molar-refractivity contribution in [2.24, 2.45) is 11.3 Å². The van der Waals surface area contributed by atoms with E-state index in [1.54, 1.807) is 20.8 Å². The molecule has 0 heterocycles. The van der Waals surface area contributed by atoms with Gasteiger partial charge in [-0.3, -0.25) is 9.59 Å². The molecule has 0 unspecified atom stereocenters. The molecule has 0 aromatic rings. The van der Waals surface area contributed by atoms with E-state index in [2.05, 4.69) is 4.74 Å². The predicted molar refractivity (Wildman–Crippen MR) is 43.3 cm³/mol. The minimum absolute atomic E-state index is 0.00343. The first-order valence-corrected chi connectivity index (χ1v) is 4.17. The van der Waals surface area contributed by atoms with Gasteiger partial charge in [-0.2, -0.15) is 0 Å². The lowest BCUT2D eigenvalue weighted by Crippen LogP contribution is -2.26. The third-order valence-electron chi connectivity index (χ3n) is 1.72. The molecular formula is C9H14O3. The molecule has 0 bridgehead atoms. The molecule has 0 aromatic heterocycles. The topological polar surface area (TPSA) is 43.4 Å².